The smallest absolute Gasteiger partial charge is 0.407 e. The molecular formula is C25H39ClN2O4. The number of carbonyl (C=O) groups excluding carboxylic acids is 2. The van der Waals surface area contributed by atoms with Crippen molar-refractivity contribution in [2.24, 2.45) is 11.8 Å². The van der Waals surface area contributed by atoms with E-state index in [2.05, 4.69) is 10.6 Å². The Kier molecular flexibility index (Phi) is 10.3. The number of nitrogens with one attached hydrogen (secondary N) is 2. The summed E-state index contributed by atoms with van der Waals surface area (Å²) in [6.45, 7) is 5.43. The molecule has 0 radical (unpaired) electrons. The van der Waals surface area contributed by atoms with Crippen molar-refractivity contribution >= 4 is 23.6 Å². The lowest BCUT2D eigenvalue weighted by Crippen LogP contribution is -2.48. The highest BCUT2D eigenvalue weighted by Crippen LogP contribution is 2.30. The van der Waals surface area contributed by atoms with Crippen LogP contribution in [-0.2, 0) is 16.0 Å². The van der Waals surface area contributed by atoms with Gasteiger partial charge in [-0.3, -0.25) is 4.79 Å². The van der Waals surface area contributed by atoms with Crippen LogP contribution >= 0.6 is 11.6 Å². The number of alkyl carbamates (subject to hydrolysis) is 1. The van der Waals surface area contributed by atoms with E-state index in [4.69, 9.17) is 16.3 Å². The fourth-order valence-corrected chi connectivity index (χ4v) is 4.64. The number of benzene rings is 1. The molecule has 1 aliphatic carbocycles. The lowest BCUT2D eigenvalue weighted by Gasteiger charge is -2.32. The molecule has 0 bridgehead atoms. The maximum atomic E-state index is 12.6. The Morgan fingerprint density at radius 1 is 1.19 bits per heavy atom. The fraction of sp³-hybridized carbons (Fsp3) is 0.680. The van der Waals surface area contributed by atoms with Gasteiger partial charge in [-0.25, -0.2) is 4.79 Å². The Bertz CT molecular complexity index is 744. The highest BCUT2D eigenvalue weighted by molar-refractivity contribution is 6.31. The van der Waals surface area contributed by atoms with E-state index in [1.807, 2.05) is 39.0 Å². The number of halogens is 1. The number of rotatable bonds is 9. The van der Waals surface area contributed by atoms with E-state index >= 15 is 0 Å². The quantitative estimate of drug-likeness (QED) is 0.485. The molecule has 2 unspecified atom stereocenters. The number of aliphatic hydroxyl groups is 1. The monoisotopic (exact) mass is 466 g/mol. The van der Waals surface area contributed by atoms with E-state index in [0.29, 0.717) is 23.8 Å². The van der Waals surface area contributed by atoms with E-state index in [1.54, 1.807) is 13.1 Å². The number of hydrogen-bond donors (Lipinski definition) is 3. The number of amides is 2. The molecule has 0 saturated heterocycles. The van der Waals surface area contributed by atoms with Crippen LogP contribution in [0.3, 0.4) is 0 Å². The molecule has 2 rings (SSSR count). The minimum absolute atomic E-state index is 0.155. The lowest BCUT2D eigenvalue weighted by atomic mass is 9.82. The number of aliphatic hydroxyl groups excluding tert-OH is 1. The molecule has 0 spiro atoms. The summed E-state index contributed by atoms with van der Waals surface area (Å²) in [6.07, 6.45) is 5.66. The van der Waals surface area contributed by atoms with Crippen LogP contribution in [0.25, 0.3) is 0 Å². The van der Waals surface area contributed by atoms with E-state index < -0.39 is 29.8 Å². The second kappa shape index (κ2) is 12.4. The van der Waals surface area contributed by atoms with Crippen LogP contribution in [0.15, 0.2) is 24.3 Å². The summed E-state index contributed by atoms with van der Waals surface area (Å²) >= 11 is 6.31. The zero-order chi connectivity index (χ0) is 23.7. The molecule has 7 heteroatoms. The van der Waals surface area contributed by atoms with Crippen molar-refractivity contribution in [3.8, 4) is 0 Å². The molecule has 0 heterocycles. The molecule has 0 aliphatic heterocycles. The van der Waals surface area contributed by atoms with Crippen molar-refractivity contribution < 1.29 is 19.4 Å². The molecule has 180 valence electrons. The average molecular weight is 467 g/mol. The zero-order valence-electron chi connectivity index (χ0n) is 19.8. The standard InChI is InChI=1S/C25H39ClN2O4/c1-25(2,3)32-24(31)28-21(14-17-10-6-5-7-11-17)22(29)16-19(23(30)27-4)15-18-12-8-9-13-20(18)26/h8-9,12-13,17,19,21-22,29H,5-7,10-11,14-16H2,1-4H3,(H,27,30)(H,28,31)/t19?,21-,22?/m0/s1. The topological polar surface area (TPSA) is 87.7 Å². The van der Waals surface area contributed by atoms with Gasteiger partial charge in [0.15, 0.2) is 0 Å². The highest BCUT2D eigenvalue weighted by atomic mass is 35.5. The first-order valence-electron chi connectivity index (χ1n) is 11.7. The van der Waals surface area contributed by atoms with Crippen molar-refractivity contribution in [1.82, 2.24) is 10.6 Å². The Morgan fingerprint density at radius 3 is 2.44 bits per heavy atom. The number of hydrogen-bond acceptors (Lipinski definition) is 4. The van der Waals surface area contributed by atoms with Crippen LogP contribution in [-0.4, -0.2) is 41.9 Å². The van der Waals surface area contributed by atoms with Crippen LogP contribution in [0.2, 0.25) is 5.02 Å². The summed E-state index contributed by atoms with van der Waals surface area (Å²) in [6, 6.07) is 6.94. The van der Waals surface area contributed by atoms with Crippen molar-refractivity contribution in [3.05, 3.63) is 34.9 Å². The summed E-state index contributed by atoms with van der Waals surface area (Å²) in [4.78, 5) is 25.1. The molecule has 3 atom stereocenters. The molecule has 1 saturated carbocycles. The third-order valence-corrected chi connectivity index (χ3v) is 6.41. The third-order valence-electron chi connectivity index (χ3n) is 6.05. The molecule has 2 amide bonds. The van der Waals surface area contributed by atoms with Gasteiger partial charge in [0.25, 0.3) is 0 Å². The van der Waals surface area contributed by atoms with Crippen LogP contribution in [0, 0.1) is 11.8 Å². The van der Waals surface area contributed by atoms with Gasteiger partial charge in [-0.1, -0.05) is 61.9 Å². The van der Waals surface area contributed by atoms with Gasteiger partial charge in [-0.2, -0.15) is 0 Å². The Hall–Kier alpha value is -1.79. The maximum absolute atomic E-state index is 12.6. The molecule has 1 fully saturated rings. The Labute approximate surface area is 197 Å². The van der Waals surface area contributed by atoms with Crippen molar-refractivity contribution in [2.45, 2.75) is 89.9 Å². The van der Waals surface area contributed by atoms with Crippen LogP contribution < -0.4 is 10.6 Å². The molecular weight excluding hydrogens is 428 g/mol. The van der Waals surface area contributed by atoms with Crippen LogP contribution in [0.4, 0.5) is 4.79 Å². The van der Waals surface area contributed by atoms with E-state index in [0.717, 1.165) is 18.4 Å². The van der Waals surface area contributed by atoms with Gasteiger partial charge in [0.2, 0.25) is 5.91 Å². The highest BCUT2D eigenvalue weighted by Gasteiger charge is 2.31. The lowest BCUT2D eigenvalue weighted by molar-refractivity contribution is -0.125. The van der Waals surface area contributed by atoms with Crippen molar-refractivity contribution in [1.29, 1.82) is 0 Å². The predicted molar refractivity (Wildman–Crippen MR) is 128 cm³/mol. The first kappa shape index (κ1) is 26.5. The molecule has 32 heavy (non-hydrogen) atoms. The van der Waals surface area contributed by atoms with E-state index in [9.17, 15) is 14.7 Å². The van der Waals surface area contributed by atoms with Crippen LogP contribution in [0.1, 0.15) is 71.3 Å². The minimum atomic E-state index is -0.880. The molecule has 6 nitrogen and oxygen atoms in total. The van der Waals surface area contributed by atoms with Gasteiger partial charge in [0.1, 0.15) is 5.60 Å². The SMILES string of the molecule is CNC(=O)C(Cc1ccccc1Cl)CC(O)[C@H](CC1CCCCC1)NC(=O)OC(C)(C)C. The third kappa shape index (κ3) is 8.99. The molecule has 3 N–H and O–H groups in total. The van der Waals surface area contributed by atoms with Crippen molar-refractivity contribution in [2.75, 3.05) is 7.05 Å². The maximum Gasteiger partial charge on any atom is 0.407 e. The Morgan fingerprint density at radius 2 is 1.84 bits per heavy atom. The average Bonchev–Trinajstić information content (AvgIpc) is 2.73. The van der Waals surface area contributed by atoms with E-state index in [1.165, 1.54) is 19.3 Å². The summed E-state index contributed by atoms with van der Waals surface area (Å²) in [5.41, 5.74) is 0.234. The summed E-state index contributed by atoms with van der Waals surface area (Å²) in [7, 11) is 1.59. The molecule has 0 aromatic heterocycles. The van der Waals surface area contributed by atoms with Gasteiger partial charge in [0.05, 0.1) is 12.1 Å². The molecule has 1 aromatic rings. The summed E-state index contributed by atoms with van der Waals surface area (Å²) in [5.74, 6) is -0.179. The summed E-state index contributed by atoms with van der Waals surface area (Å²) in [5, 5.41) is 17.4. The van der Waals surface area contributed by atoms with Crippen molar-refractivity contribution in [3.63, 3.8) is 0 Å². The predicted octanol–water partition coefficient (Wildman–Crippen LogP) is 4.86. The first-order valence-corrected chi connectivity index (χ1v) is 12.1. The van der Waals surface area contributed by atoms with E-state index in [-0.39, 0.29) is 12.3 Å². The number of carbonyl (C=O) groups is 2. The second-order valence-electron chi connectivity index (χ2n) is 9.90. The van der Waals surface area contributed by atoms with Gasteiger partial charge in [0, 0.05) is 18.0 Å². The first-order chi connectivity index (χ1) is 15.1. The minimum Gasteiger partial charge on any atom is -0.444 e. The summed E-state index contributed by atoms with van der Waals surface area (Å²) < 4.78 is 5.43. The molecule has 1 aliphatic rings. The van der Waals surface area contributed by atoms with Gasteiger partial charge in [-0.05, 0) is 57.6 Å². The number of ether oxygens (including phenoxy) is 1. The van der Waals surface area contributed by atoms with Gasteiger partial charge in [-0.15, -0.1) is 0 Å². The zero-order valence-corrected chi connectivity index (χ0v) is 20.6. The second-order valence-corrected chi connectivity index (χ2v) is 10.3. The van der Waals surface area contributed by atoms with Crippen LogP contribution in [0.5, 0.6) is 0 Å². The van der Waals surface area contributed by atoms with Gasteiger partial charge >= 0.3 is 6.09 Å². The van der Waals surface area contributed by atoms with Gasteiger partial charge < -0.3 is 20.5 Å². The Balaban J connectivity index is 2.14. The largest absolute Gasteiger partial charge is 0.444 e. The fourth-order valence-electron chi connectivity index (χ4n) is 4.43. The normalized spacial score (nSPS) is 17.8. The molecule has 1 aromatic carbocycles.